The summed E-state index contributed by atoms with van der Waals surface area (Å²) >= 11 is 3.16. The van der Waals surface area contributed by atoms with Gasteiger partial charge in [-0.25, -0.2) is 14.6 Å². The van der Waals surface area contributed by atoms with Gasteiger partial charge in [-0.3, -0.25) is 20.2 Å². The number of imidazole rings is 1. The second-order valence-corrected chi connectivity index (χ2v) is 11.3. The van der Waals surface area contributed by atoms with Crippen molar-refractivity contribution in [1.29, 1.82) is 0 Å². The number of ether oxygens (including phenoxy) is 2. The lowest BCUT2D eigenvalue weighted by molar-refractivity contribution is -0.385. The Balaban J connectivity index is 0.000000317. The van der Waals surface area contributed by atoms with Crippen molar-refractivity contribution >= 4 is 39.2 Å². The van der Waals surface area contributed by atoms with Crippen LogP contribution in [-0.4, -0.2) is 49.9 Å². The molecule has 3 aromatic rings. The number of carbonyl (C=O) groups excluding carboxylic acids is 2. The highest BCUT2D eigenvalue weighted by molar-refractivity contribution is 9.09. The molecule has 12 nitrogen and oxygen atoms in total. The van der Waals surface area contributed by atoms with Crippen LogP contribution in [0.4, 0.5) is 11.4 Å². The van der Waals surface area contributed by atoms with E-state index in [1.165, 1.54) is 36.4 Å². The topological polar surface area (TPSA) is 157 Å². The molecule has 2 aromatic carbocycles. The number of alkyl halides is 1. The Kier molecular flexibility index (Phi) is 13.5. The van der Waals surface area contributed by atoms with E-state index < -0.39 is 21.8 Å². The zero-order chi connectivity index (χ0) is 32.3. The van der Waals surface area contributed by atoms with Gasteiger partial charge in [-0.15, -0.1) is 0 Å². The molecule has 0 saturated carbocycles. The fourth-order valence-electron chi connectivity index (χ4n) is 4.19. The first-order valence-corrected chi connectivity index (χ1v) is 14.9. The predicted octanol–water partition coefficient (Wildman–Crippen LogP) is 7.17. The highest BCUT2D eigenvalue weighted by Gasteiger charge is 2.20. The van der Waals surface area contributed by atoms with Crippen molar-refractivity contribution in [3.63, 3.8) is 0 Å². The average Bonchev–Trinajstić information content (AvgIpc) is 3.44. The second-order valence-electron chi connectivity index (χ2n) is 10.5. The molecule has 1 aromatic heterocycles. The maximum absolute atomic E-state index is 12.4. The molecule has 0 spiro atoms. The van der Waals surface area contributed by atoms with Crippen molar-refractivity contribution in [3.05, 3.63) is 97.1 Å². The van der Waals surface area contributed by atoms with Crippen LogP contribution in [0.25, 0.3) is 0 Å². The van der Waals surface area contributed by atoms with Crippen LogP contribution in [0.2, 0.25) is 0 Å². The lowest BCUT2D eigenvalue weighted by atomic mass is 9.96. The van der Waals surface area contributed by atoms with Gasteiger partial charge >= 0.3 is 11.9 Å². The van der Waals surface area contributed by atoms with E-state index in [-0.39, 0.29) is 42.3 Å². The van der Waals surface area contributed by atoms with Crippen molar-refractivity contribution in [2.24, 2.45) is 0 Å². The molecule has 0 atom stereocenters. The van der Waals surface area contributed by atoms with Crippen LogP contribution in [-0.2, 0) is 16.0 Å². The fraction of sp³-hybridized carbons (Fsp3) is 0.433. The van der Waals surface area contributed by atoms with E-state index in [0.717, 1.165) is 5.82 Å². The van der Waals surface area contributed by atoms with Crippen molar-refractivity contribution in [3.8, 4) is 0 Å². The van der Waals surface area contributed by atoms with Crippen LogP contribution in [0.1, 0.15) is 97.0 Å². The van der Waals surface area contributed by atoms with E-state index in [0.29, 0.717) is 34.1 Å². The Morgan fingerprint density at radius 2 is 1.28 bits per heavy atom. The SMILES string of the molecule is CC(C)c1cc([N+](=O)[O-])ccc1C(=O)OCCBr.CC(C)c1cc([N+](=O)[O-])ccc1C(=O)OCCn1ccnc1C(C)C. The van der Waals surface area contributed by atoms with Gasteiger partial charge in [-0.1, -0.05) is 57.5 Å². The van der Waals surface area contributed by atoms with E-state index in [9.17, 15) is 29.8 Å². The van der Waals surface area contributed by atoms with Gasteiger partial charge in [-0.2, -0.15) is 0 Å². The van der Waals surface area contributed by atoms with E-state index in [1.807, 2.05) is 38.5 Å². The monoisotopic (exact) mass is 660 g/mol. The van der Waals surface area contributed by atoms with E-state index in [1.54, 1.807) is 6.20 Å². The molecule has 0 radical (unpaired) electrons. The molecule has 43 heavy (non-hydrogen) atoms. The summed E-state index contributed by atoms with van der Waals surface area (Å²) in [5.74, 6) is 0.292. The summed E-state index contributed by atoms with van der Waals surface area (Å²) in [7, 11) is 0. The molecule has 0 aliphatic rings. The molecule has 0 aliphatic carbocycles. The largest absolute Gasteiger partial charge is 0.461 e. The van der Waals surface area contributed by atoms with Crippen molar-refractivity contribution in [2.75, 3.05) is 18.5 Å². The third-order valence-electron chi connectivity index (χ3n) is 6.32. The van der Waals surface area contributed by atoms with Crippen molar-refractivity contribution in [2.45, 2.75) is 65.8 Å². The molecule has 0 fully saturated rings. The number of esters is 2. The Hall–Kier alpha value is -4.13. The molecule has 13 heteroatoms. The molecule has 1 heterocycles. The molecule has 3 rings (SSSR count). The van der Waals surface area contributed by atoms with Crippen LogP contribution in [0.15, 0.2) is 48.8 Å². The number of halogens is 1. The van der Waals surface area contributed by atoms with Gasteiger partial charge < -0.3 is 14.0 Å². The number of benzene rings is 2. The minimum atomic E-state index is -0.473. The Morgan fingerprint density at radius 3 is 1.67 bits per heavy atom. The summed E-state index contributed by atoms with van der Waals surface area (Å²) in [6, 6.07) is 8.42. The third kappa shape index (κ3) is 9.98. The maximum Gasteiger partial charge on any atom is 0.338 e. The van der Waals surface area contributed by atoms with Crippen molar-refractivity contribution < 1.29 is 28.9 Å². The maximum atomic E-state index is 12.4. The summed E-state index contributed by atoms with van der Waals surface area (Å²) < 4.78 is 12.3. The van der Waals surface area contributed by atoms with E-state index in [4.69, 9.17) is 9.47 Å². The van der Waals surface area contributed by atoms with Gasteiger partial charge in [0.2, 0.25) is 0 Å². The van der Waals surface area contributed by atoms with Gasteiger partial charge in [-0.05, 0) is 35.1 Å². The normalized spacial score (nSPS) is 10.8. The number of rotatable bonds is 12. The van der Waals surface area contributed by atoms with Crippen LogP contribution >= 0.6 is 15.9 Å². The molecule has 0 bridgehead atoms. The van der Waals surface area contributed by atoms with Crippen LogP contribution in [0, 0.1) is 20.2 Å². The first-order valence-electron chi connectivity index (χ1n) is 13.8. The minimum Gasteiger partial charge on any atom is -0.461 e. The quantitative estimate of drug-likeness (QED) is 0.0850. The summed E-state index contributed by atoms with van der Waals surface area (Å²) in [6.45, 7) is 12.6. The summed E-state index contributed by atoms with van der Waals surface area (Å²) in [5, 5.41) is 22.2. The van der Waals surface area contributed by atoms with Crippen LogP contribution in [0.3, 0.4) is 0 Å². The number of nitro benzene ring substituents is 2. The Morgan fingerprint density at radius 1 is 0.814 bits per heavy atom. The molecule has 0 amide bonds. The number of hydrogen-bond acceptors (Lipinski definition) is 9. The number of carbonyl (C=O) groups is 2. The first-order chi connectivity index (χ1) is 20.3. The van der Waals surface area contributed by atoms with Gasteiger partial charge in [0.05, 0.1) is 27.5 Å². The number of hydrogen-bond donors (Lipinski definition) is 0. The molecule has 0 unspecified atom stereocenters. The van der Waals surface area contributed by atoms with Crippen LogP contribution < -0.4 is 0 Å². The molecule has 0 N–H and O–H groups in total. The number of nitrogens with zero attached hydrogens (tertiary/aromatic N) is 4. The lowest BCUT2D eigenvalue weighted by Gasteiger charge is -2.13. The summed E-state index contributed by atoms with van der Waals surface area (Å²) in [5.41, 5.74) is 1.95. The molecule has 0 saturated heterocycles. The molecular formula is C30H37BrN4O8. The zero-order valence-corrected chi connectivity index (χ0v) is 26.7. The standard InChI is InChI=1S/C18H23N3O4.C12H14BrNO4/c1-12(2)16-11-14(21(23)24)5-6-15(16)18(22)25-10-9-20-8-7-19-17(20)13(3)4;1-8(2)11-7-9(14(16)17)3-4-10(11)12(15)18-6-5-13/h5-8,11-13H,9-10H2,1-4H3;3-4,7-8H,5-6H2,1-2H3. The summed E-state index contributed by atoms with van der Waals surface area (Å²) in [4.78, 5) is 49.2. The Labute approximate surface area is 258 Å². The van der Waals surface area contributed by atoms with Gasteiger partial charge in [0.1, 0.15) is 19.0 Å². The van der Waals surface area contributed by atoms with Gasteiger partial charge in [0, 0.05) is 47.9 Å². The average molecular weight is 662 g/mol. The molecule has 0 aliphatic heterocycles. The molecular weight excluding hydrogens is 624 g/mol. The minimum absolute atomic E-state index is 0.0106. The second kappa shape index (κ2) is 16.5. The first kappa shape index (κ1) is 35.1. The third-order valence-corrected chi connectivity index (χ3v) is 6.64. The number of aromatic nitrogens is 2. The highest BCUT2D eigenvalue weighted by Crippen LogP contribution is 2.26. The van der Waals surface area contributed by atoms with E-state index in [2.05, 4.69) is 34.8 Å². The predicted molar refractivity (Wildman–Crippen MR) is 165 cm³/mol. The van der Waals surface area contributed by atoms with Gasteiger partial charge in [0.25, 0.3) is 11.4 Å². The zero-order valence-electron chi connectivity index (χ0n) is 25.1. The number of non-ortho nitro benzene ring substituents is 2. The summed E-state index contributed by atoms with van der Waals surface area (Å²) in [6.07, 6.45) is 3.58. The number of nitro groups is 2. The fourth-order valence-corrected chi connectivity index (χ4v) is 4.35. The smallest absolute Gasteiger partial charge is 0.338 e. The lowest BCUT2D eigenvalue weighted by Crippen LogP contribution is -2.15. The highest BCUT2D eigenvalue weighted by atomic mass is 79.9. The van der Waals surface area contributed by atoms with Crippen LogP contribution in [0.5, 0.6) is 0 Å². The van der Waals surface area contributed by atoms with Gasteiger partial charge in [0.15, 0.2) is 0 Å². The van der Waals surface area contributed by atoms with E-state index >= 15 is 0 Å². The van der Waals surface area contributed by atoms with Crippen molar-refractivity contribution in [1.82, 2.24) is 9.55 Å². The Bertz CT molecular complexity index is 1440. The molecule has 232 valence electrons.